The Morgan fingerprint density at radius 2 is 1.88 bits per heavy atom. The van der Waals surface area contributed by atoms with Gasteiger partial charge in [0.2, 0.25) is 0 Å². The lowest BCUT2D eigenvalue weighted by molar-refractivity contribution is 0.0963. The van der Waals surface area contributed by atoms with Crippen LogP contribution >= 0.6 is 0 Å². The highest BCUT2D eigenvalue weighted by molar-refractivity contribution is 5.94. The first kappa shape index (κ1) is 15.0. The summed E-state index contributed by atoms with van der Waals surface area (Å²) in [6.07, 6.45) is 4.06. The minimum Gasteiger partial charge on any atom is -0.378 e. The van der Waals surface area contributed by atoms with Gasteiger partial charge < -0.3 is 10.6 Å². The molecule has 2 aromatic carbocycles. The molecular formula is C22H24N2O. The molecule has 0 saturated heterocycles. The largest absolute Gasteiger partial charge is 0.378 e. The van der Waals surface area contributed by atoms with Gasteiger partial charge in [-0.3, -0.25) is 4.79 Å². The molecule has 25 heavy (non-hydrogen) atoms. The van der Waals surface area contributed by atoms with Crippen LogP contribution in [0.3, 0.4) is 0 Å². The molecule has 0 radical (unpaired) electrons. The lowest BCUT2D eigenvalue weighted by Crippen LogP contribution is -2.35. The third-order valence-corrected chi connectivity index (χ3v) is 6.74. The highest BCUT2D eigenvalue weighted by Crippen LogP contribution is 2.63. The smallest absolute Gasteiger partial charge is 0.251 e. The van der Waals surface area contributed by atoms with Crippen molar-refractivity contribution in [2.45, 2.75) is 31.2 Å². The number of hydrogen-bond acceptors (Lipinski definition) is 2. The minimum atomic E-state index is 0.00712. The second-order valence-electron chi connectivity index (χ2n) is 7.85. The topological polar surface area (TPSA) is 41.1 Å². The minimum absolute atomic E-state index is 0.00712. The Balaban J connectivity index is 1.61. The molecule has 2 fully saturated rings. The molecule has 1 heterocycles. The van der Waals surface area contributed by atoms with Gasteiger partial charge in [0.1, 0.15) is 0 Å². The zero-order valence-corrected chi connectivity index (χ0v) is 14.5. The molecule has 2 N–H and O–H groups in total. The van der Waals surface area contributed by atoms with Gasteiger partial charge in [-0.1, -0.05) is 30.3 Å². The Morgan fingerprint density at radius 3 is 2.68 bits per heavy atom. The molecule has 5 atom stereocenters. The molecule has 1 amide bonds. The summed E-state index contributed by atoms with van der Waals surface area (Å²) in [5, 5.41) is 6.58. The lowest BCUT2D eigenvalue weighted by Gasteiger charge is -2.43. The summed E-state index contributed by atoms with van der Waals surface area (Å²) in [5.74, 6) is 2.83. The predicted octanol–water partition coefficient (Wildman–Crippen LogP) is 4.34. The number of anilines is 1. The molecule has 128 valence electrons. The normalized spacial score (nSPS) is 31.8. The van der Waals surface area contributed by atoms with Crippen molar-refractivity contribution in [1.29, 1.82) is 0 Å². The van der Waals surface area contributed by atoms with E-state index in [9.17, 15) is 4.79 Å². The average molecular weight is 332 g/mol. The number of carbonyl (C=O) groups is 1. The molecule has 0 aromatic heterocycles. The van der Waals surface area contributed by atoms with Gasteiger partial charge in [-0.2, -0.15) is 0 Å². The molecule has 2 saturated carbocycles. The molecule has 1 aliphatic heterocycles. The van der Waals surface area contributed by atoms with Crippen LogP contribution in [0.4, 0.5) is 5.69 Å². The van der Waals surface area contributed by atoms with Crippen molar-refractivity contribution in [3.8, 4) is 0 Å². The van der Waals surface area contributed by atoms with Gasteiger partial charge in [-0.25, -0.2) is 0 Å². The van der Waals surface area contributed by atoms with E-state index in [2.05, 4.69) is 53.1 Å². The average Bonchev–Trinajstić information content (AvgIpc) is 3.29. The van der Waals surface area contributed by atoms with Crippen molar-refractivity contribution in [3.05, 3.63) is 65.2 Å². The van der Waals surface area contributed by atoms with Gasteiger partial charge in [-0.05, 0) is 72.3 Å². The first-order valence-corrected chi connectivity index (χ1v) is 9.44. The van der Waals surface area contributed by atoms with Crippen molar-refractivity contribution >= 4 is 11.6 Å². The number of rotatable bonds is 2. The summed E-state index contributed by atoms with van der Waals surface area (Å²) in [6, 6.07) is 17.5. The number of benzene rings is 2. The Kier molecular flexibility index (Phi) is 3.37. The Morgan fingerprint density at radius 1 is 1.08 bits per heavy atom. The van der Waals surface area contributed by atoms with Gasteiger partial charge in [-0.15, -0.1) is 0 Å². The van der Waals surface area contributed by atoms with Crippen molar-refractivity contribution in [2.24, 2.45) is 17.8 Å². The Hall–Kier alpha value is -2.29. The van der Waals surface area contributed by atoms with E-state index in [1.165, 1.54) is 36.1 Å². The maximum atomic E-state index is 12.1. The summed E-state index contributed by atoms with van der Waals surface area (Å²) in [6.45, 7) is 0. The van der Waals surface area contributed by atoms with E-state index in [4.69, 9.17) is 0 Å². The summed E-state index contributed by atoms with van der Waals surface area (Å²) in [7, 11) is 1.70. The van der Waals surface area contributed by atoms with Crippen molar-refractivity contribution < 1.29 is 4.79 Å². The van der Waals surface area contributed by atoms with E-state index in [0.29, 0.717) is 17.9 Å². The third-order valence-electron chi connectivity index (χ3n) is 6.74. The molecule has 2 bridgehead atoms. The summed E-state index contributed by atoms with van der Waals surface area (Å²) in [4.78, 5) is 12.1. The van der Waals surface area contributed by atoms with Crippen LogP contribution in [0.5, 0.6) is 0 Å². The standard InChI is InChI=1S/C22H24N2O/c1-23-22(25)16-9-10-18-17(12-16)19-14-7-8-15(11-14)20(19)21(24-18)13-5-3-2-4-6-13/h2-6,9-10,12,14-15,19-21,24H,7-8,11H2,1H3,(H,23,25)/t14-,15-,19-,20-,21-/m0/s1. The highest BCUT2D eigenvalue weighted by Gasteiger charge is 2.53. The van der Waals surface area contributed by atoms with E-state index in [1.807, 2.05) is 6.07 Å². The van der Waals surface area contributed by atoms with Crippen LogP contribution in [0, 0.1) is 17.8 Å². The van der Waals surface area contributed by atoms with E-state index in [-0.39, 0.29) is 5.91 Å². The van der Waals surface area contributed by atoms with Gasteiger partial charge in [0.25, 0.3) is 5.91 Å². The van der Waals surface area contributed by atoms with Gasteiger partial charge in [0.15, 0.2) is 0 Å². The van der Waals surface area contributed by atoms with E-state index >= 15 is 0 Å². The molecule has 2 aliphatic carbocycles. The number of amides is 1. The summed E-state index contributed by atoms with van der Waals surface area (Å²) >= 11 is 0. The maximum absolute atomic E-state index is 12.1. The molecule has 3 heteroatoms. The zero-order chi connectivity index (χ0) is 17.0. The molecule has 0 unspecified atom stereocenters. The monoisotopic (exact) mass is 332 g/mol. The lowest BCUT2D eigenvalue weighted by atomic mass is 9.68. The molecule has 3 nitrogen and oxygen atoms in total. The molecule has 0 spiro atoms. The summed E-state index contributed by atoms with van der Waals surface area (Å²) < 4.78 is 0. The van der Waals surface area contributed by atoms with E-state index < -0.39 is 0 Å². The van der Waals surface area contributed by atoms with Crippen LogP contribution in [0.25, 0.3) is 0 Å². The van der Waals surface area contributed by atoms with Crippen LogP contribution in [-0.4, -0.2) is 13.0 Å². The number of hydrogen-bond donors (Lipinski definition) is 2. The molecule has 3 aliphatic rings. The first-order valence-electron chi connectivity index (χ1n) is 9.44. The summed E-state index contributed by atoms with van der Waals surface area (Å²) in [5.41, 5.74) is 4.76. The van der Waals surface area contributed by atoms with Gasteiger partial charge >= 0.3 is 0 Å². The Bertz CT molecular complexity index is 816. The third kappa shape index (κ3) is 2.21. The maximum Gasteiger partial charge on any atom is 0.251 e. The highest BCUT2D eigenvalue weighted by atomic mass is 16.1. The van der Waals surface area contributed by atoms with Crippen molar-refractivity contribution in [3.63, 3.8) is 0 Å². The zero-order valence-electron chi connectivity index (χ0n) is 14.5. The fraction of sp³-hybridized carbons (Fsp3) is 0.409. The number of fused-ring (bicyclic) bond motifs is 7. The van der Waals surface area contributed by atoms with E-state index in [0.717, 1.165) is 17.4 Å². The second-order valence-corrected chi connectivity index (χ2v) is 7.85. The fourth-order valence-corrected chi connectivity index (χ4v) is 5.76. The van der Waals surface area contributed by atoms with Crippen molar-refractivity contribution in [1.82, 2.24) is 5.32 Å². The van der Waals surface area contributed by atoms with Crippen molar-refractivity contribution in [2.75, 3.05) is 12.4 Å². The molecular weight excluding hydrogens is 308 g/mol. The first-order chi connectivity index (χ1) is 12.3. The van der Waals surface area contributed by atoms with Gasteiger partial charge in [0.05, 0.1) is 6.04 Å². The molecule has 5 rings (SSSR count). The quantitative estimate of drug-likeness (QED) is 0.859. The predicted molar refractivity (Wildman–Crippen MR) is 99.7 cm³/mol. The van der Waals surface area contributed by atoms with Crippen LogP contribution in [0.2, 0.25) is 0 Å². The number of nitrogens with one attached hydrogen (secondary N) is 2. The van der Waals surface area contributed by atoms with Gasteiger partial charge in [0, 0.05) is 18.3 Å². The second kappa shape index (κ2) is 5.62. The molecule has 2 aromatic rings. The number of carbonyl (C=O) groups excluding carboxylic acids is 1. The van der Waals surface area contributed by atoms with Crippen LogP contribution in [0.1, 0.15) is 52.7 Å². The van der Waals surface area contributed by atoms with Crippen LogP contribution in [-0.2, 0) is 0 Å². The Labute approximate surface area is 148 Å². The van der Waals surface area contributed by atoms with E-state index in [1.54, 1.807) is 7.05 Å². The fourth-order valence-electron chi connectivity index (χ4n) is 5.76. The van der Waals surface area contributed by atoms with Crippen LogP contribution < -0.4 is 10.6 Å². The van der Waals surface area contributed by atoms with Crippen LogP contribution in [0.15, 0.2) is 48.5 Å². The SMILES string of the molecule is CNC(=O)c1ccc2c(c1)[C@@H]1[C@H]3CC[C@@H](C3)[C@@H]1[C@H](c1ccccc1)N2.